The summed E-state index contributed by atoms with van der Waals surface area (Å²) in [5.41, 5.74) is 2.90. The molecule has 0 bridgehead atoms. The molecule has 1 N–H and O–H groups in total. The number of benzene rings is 2. The fourth-order valence-electron chi connectivity index (χ4n) is 2.63. The average molecular weight is 354 g/mol. The summed E-state index contributed by atoms with van der Waals surface area (Å²) in [5.74, 6) is 0.239. The van der Waals surface area contributed by atoms with Gasteiger partial charge in [-0.3, -0.25) is 9.59 Å². The van der Waals surface area contributed by atoms with Gasteiger partial charge in [-0.2, -0.15) is 0 Å². The van der Waals surface area contributed by atoms with Crippen molar-refractivity contribution in [1.82, 2.24) is 4.90 Å². The molecule has 2 rings (SSSR count). The Labute approximate surface area is 155 Å². The standard InChI is InChI=1S/C21H26N2O3/c1-4-16-10-6-8-12-18(16)22-20(24)14-23(3)21(25)15-26-19-13-9-7-11-17(19)5-2/h6-13H,4-5,14-15H2,1-3H3,(H,22,24). The zero-order chi connectivity index (χ0) is 18.9. The number of amides is 2. The first-order chi connectivity index (χ1) is 12.5. The number of hydrogen-bond donors (Lipinski definition) is 1. The molecule has 0 saturated carbocycles. The lowest BCUT2D eigenvalue weighted by atomic mass is 10.1. The summed E-state index contributed by atoms with van der Waals surface area (Å²) >= 11 is 0. The number of nitrogens with zero attached hydrogens (tertiary/aromatic N) is 1. The smallest absolute Gasteiger partial charge is 0.260 e. The predicted octanol–water partition coefficient (Wildman–Crippen LogP) is 3.29. The minimum absolute atomic E-state index is 0.0182. The molecule has 0 fully saturated rings. The van der Waals surface area contributed by atoms with E-state index in [4.69, 9.17) is 4.74 Å². The molecule has 5 heteroatoms. The monoisotopic (exact) mass is 354 g/mol. The first-order valence-electron chi connectivity index (χ1n) is 8.87. The van der Waals surface area contributed by atoms with Gasteiger partial charge in [0.15, 0.2) is 6.61 Å². The van der Waals surface area contributed by atoms with Gasteiger partial charge < -0.3 is 15.0 Å². The molecule has 0 unspecified atom stereocenters. The van der Waals surface area contributed by atoms with Crippen LogP contribution in [0.3, 0.4) is 0 Å². The van der Waals surface area contributed by atoms with E-state index < -0.39 is 0 Å². The van der Waals surface area contributed by atoms with Crippen molar-refractivity contribution in [2.45, 2.75) is 26.7 Å². The van der Waals surface area contributed by atoms with Crippen molar-refractivity contribution in [2.75, 3.05) is 25.5 Å². The number of rotatable bonds is 8. The molecule has 0 saturated heterocycles. The van der Waals surface area contributed by atoms with E-state index in [1.165, 1.54) is 4.90 Å². The Morgan fingerprint density at radius 2 is 1.58 bits per heavy atom. The third-order valence-corrected chi connectivity index (χ3v) is 4.18. The van der Waals surface area contributed by atoms with E-state index in [-0.39, 0.29) is 25.0 Å². The maximum absolute atomic E-state index is 12.2. The van der Waals surface area contributed by atoms with Crippen LogP contribution >= 0.6 is 0 Å². The SMILES string of the molecule is CCc1ccccc1NC(=O)CN(C)C(=O)COc1ccccc1CC. The van der Waals surface area contributed by atoms with Crippen LogP contribution in [0.2, 0.25) is 0 Å². The van der Waals surface area contributed by atoms with Crippen LogP contribution in [0, 0.1) is 0 Å². The summed E-state index contributed by atoms with van der Waals surface area (Å²) in [7, 11) is 1.60. The molecule has 0 aliphatic carbocycles. The van der Waals surface area contributed by atoms with E-state index in [1.54, 1.807) is 7.05 Å². The quantitative estimate of drug-likeness (QED) is 0.791. The highest BCUT2D eigenvalue weighted by molar-refractivity contribution is 5.95. The van der Waals surface area contributed by atoms with Crippen LogP contribution in [0.1, 0.15) is 25.0 Å². The Morgan fingerprint density at radius 1 is 0.962 bits per heavy atom. The topological polar surface area (TPSA) is 58.6 Å². The lowest BCUT2D eigenvalue weighted by Gasteiger charge is -2.18. The normalized spacial score (nSPS) is 10.3. The molecule has 2 aromatic rings. The van der Waals surface area contributed by atoms with Crippen LogP contribution in [-0.4, -0.2) is 36.9 Å². The van der Waals surface area contributed by atoms with Crippen LogP contribution in [0.5, 0.6) is 5.75 Å². The van der Waals surface area contributed by atoms with Crippen LogP contribution in [0.15, 0.2) is 48.5 Å². The highest BCUT2D eigenvalue weighted by Crippen LogP contribution is 2.18. The van der Waals surface area contributed by atoms with Gasteiger partial charge in [0.25, 0.3) is 5.91 Å². The second-order valence-electron chi connectivity index (χ2n) is 6.06. The minimum Gasteiger partial charge on any atom is -0.483 e. The van der Waals surface area contributed by atoms with Gasteiger partial charge in [0.1, 0.15) is 5.75 Å². The van der Waals surface area contributed by atoms with Gasteiger partial charge in [-0.1, -0.05) is 50.2 Å². The zero-order valence-corrected chi connectivity index (χ0v) is 15.6. The summed E-state index contributed by atoms with van der Waals surface area (Å²) < 4.78 is 5.62. The summed E-state index contributed by atoms with van der Waals surface area (Å²) in [6.45, 7) is 3.96. The maximum Gasteiger partial charge on any atom is 0.260 e. The minimum atomic E-state index is -0.241. The molecule has 0 heterocycles. The van der Waals surface area contributed by atoms with Gasteiger partial charge in [-0.05, 0) is 36.1 Å². The molecule has 2 aromatic carbocycles. The fourth-order valence-corrected chi connectivity index (χ4v) is 2.63. The second-order valence-corrected chi connectivity index (χ2v) is 6.06. The van der Waals surface area contributed by atoms with Gasteiger partial charge in [0.2, 0.25) is 5.91 Å². The van der Waals surface area contributed by atoms with E-state index in [2.05, 4.69) is 5.32 Å². The number of aryl methyl sites for hydroxylation is 2. The van der Waals surface area contributed by atoms with Crippen LogP contribution < -0.4 is 10.1 Å². The number of nitrogens with one attached hydrogen (secondary N) is 1. The number of carbonyl (C=O) groups is 2. The highest BCUT2D eigenvalue weighted by atomic mass is 16.5. The predicted molar refractivity (Wildman–Crippen MR) is 103 cm³/mol. The fraction of sp³-hybridized carbons (Fsp3) is 0.333. The van der Waals surface area contributed by atoms with E-state index >= 15 is 0 Å². The summed E-state index contributed by atoms with van der Waals surface area (Å²) in [5, 5.41) is 2.87. The van der Waals surface area contributed by atoms with Gasteiger partial charge >= 0.3 is 0 Å². The zero-order valence-electron chi connectivity index (χ0n) is 15.6. The Kier molecular flexibility index (Phi) is 7.21. The van der Waals surface area contributed by atoms with Gasteiger partial charge in [-0.25, -0.2) is 0 Å². The van der Waals surface area contributed by atoms with E-state index in [1.807, 2.05) is 62.4 Å². The molecule has 0 aliphatic heterocycles. The Morgan fingerprint density at radius 3 is 2.27 bits per heavy atom. The first-order valence-corrected chi connectivity index (χ1v) is 8.87. The van der Waals surface area contributed by atoms with Crippen LogP contribution in [0.4, 0.5) is 5.69 Å². The number of carbonyl (C=O) groups excluding carboxylic acids is 2. The third-order valence-electron chi connectivity index (χ3n) is 4.18. The number of hydrogen-bond acceptors (Lipinski definition) is 3. The van der Waals surface area contributed by atoms with E-state index in [0.717, 1.165) is 29.7 Å². The second kappa shape index (κ2) is 9.61. The van der Waals surface area contributed by atoms with Crippen molar-refractivity contribution in [3.05, 3.63) is 59.7 Å². The van der Waals surface area contributed by atoms with Crippen LogP contribution in [-0.2, 0) is 22.4 Å². The summed E-state index contributed by atoms with van der Waals surface area (Å²) in [6, 6.07) is 15.3. The third kappa shape index (κ3) is 5.34. The highest BCUT2D eigenvalue weighted by Gasteiger charge is 2.15. The van der Waals surface area contributed by atoms with E-state index in [0.29, 0.717) is 5.75 Å². The van der Waals surface area contributed by atoms with Crippen molar-refractivity contribution < 1.29 is 14.3 Å². The van der Waals surface area contributed by atoms with Crippen molar-refractivity contribution in [2.24, 2.45) is 0 Å². The van der Waals surface area contributed by atoms with Crippen molar-refractivity contribution in [3.63, 3.8) is 0 Å². The number of ether oxygens (including phenoxy) is 1. The molecule has 0 atom stereocenters. The molecule has 0 aromatic heterocycles. The molecule has 26 heavy (non-hydrogen) atoms. The summed E-state index contributed by atoms with van der Waals surface area (Å²) in [6.07, 6.45) is 1.66. The summed E-state index contributed by atoms with van der Waals surface area (Å²) in [4.78, 5) is 25.8. The van der Waals surface area contributed by atoms with Crippen molar-refractivity contribution in [3.8, 4) is 5.75 Å². The maximum atomic E-state index is 12.2. The van der Waals surface area contributed by atoms with E-state index in [9.17, 15) is 9.59 Å². The Bertz CT molecular complexity index is 758. The molecular weight excluding hydrogens is 328 g/mol. The lowest BCUT2D eigenvalue weighted by Crippen LogP contribution is -2.37. The Hall–Kier alpha value is -2.82. The van der Waals surface area contributed by atoms with Crippen molar-refractivity contribution in [1.29, 1.82) is 0 Å². The molecule has 0 aliphatic rings. The molecule has 0 radical (unpaired) electrons. The molecule has 5 nitrogen and oxygen atoms in total. The number of anilines is 1. The van der Waals surface area contributed by atoms with Gasteiger partial charge in [-0.15, -0.1) is 0 Å². The first kappa shape index (κ1) is 19.5. The van der Waals surface area contributed by atoms with Gasteiger partial charge in [0.05, 0.1) is 6.54 Å². The number of para-hydroxylation sites is 2. The molecule has 0 spiro atoms. The average Bonchev–Trinajstić information content (AvgIpc) is 2.66. The molecule has 2 amide bonds. The largest absolute Gasteiger partial charge is 0.483 e. The van der Waals surface area contributed by atoms with Crippen LogP contribution in [0.25, 0.3) is 0 Å². The molecular formula is C21H26N2O3. The Balaban J connectivity index is 1.87. The van der Waals surface area contributed by atoms with Crippen molar-refractivity contribution >= 4 is 17.5 Å². The lowest BCUT2D eigenvalue weighted by molar-refractivity contribution is -0.135. The van der Waals surface area contributed by atoms with Gasteiger partial charge in [0, 0.05) is 12.7 Å². The molecule has 138 valence electrons. The number of likely N-dealkylation sites (N-methyl/N-ethyl adjacent to an activating group) is 1.